The molecule has 21 heavy (non-hydrogen) atoms. The molecule has 0 unspecified atom stereocenters. The number of aromatic nitrogens is 2. The topological polar surface area (TPSA) is 84.0 Å². The Bertz CT molecular complexity index is 678. The number of hydrogen-bond donors (Lipinski definition) is 2. The first-order chi connectivity index (χ1) is 10.1. The van der Waals surface area contributed by atoms with E-state index in [-0.39, 0.29) is 0 Å². The van der Waals surface area contributed by atoms with Crippen molar-refractivity contribution in [2.24, 2.45) is 0 Å². The molecule has 6 nitrogen and oxygen atoms in total. The zero-order chi connectivity index (χ0) is 15.3. The van der Waals surface area contributed by atoms with Crippen molar-refractivity contribution in [2.75, 3.05) is 11.3 Å². The van der Waals surface area contributed by atoms with Crippen LogP contribution in [0.25, 0.3) is 0 Å². The van der Waals surface area contributed by atoms with Crippen LogP contribution in [0.1, 0.15) is 30.2 Å². The number of nitrogens with one attached hydrogen (secondary N) is 2. The van der Waals surface area contributed by atoms with Crippen LogP contribution in [0, 0.1) is 0 Å². The monoisotopic (exact) mass is 346 g/mol. The molecule has 2 aromatic rings. The highest BCUT2D eigenvalue weighted by molar-refractivity contribution is 7.93. The van der Waals surface area contributed by atoms with Crippen molar-refractivity contribution in [3.63, 3.8) is 0 Å². The molecule has 0 bridgehead atoms. The van der Waals surface area contributed by atoms with Gasteiger partial charge in [-0.3, -0.25) is 4.72 Å². The third-order valence-electron chi connectivity index (χ3n) is 2.70. The number of nitrogens with zero attached hydrogens (tertiary/aromatic N) is 2. The average Bonchev–Trinajstić information content (AvgIpc) is 3.07. The molecule has 2 rings (SSSR count). The van der Waals surface area contributed by atoms with Crippen molar-refractivity contribution in [1.82, 2.24) is 15.5 Å². The fourth-order valence-electron chi connectivity index (χ4n) is 1.68. The number of thiophene rings is 1. The Morgan fingerprint density at radius 1 is 1.29 bits per heavy atom. The van der Waals surface area contributed by atoms with E-state index in [2.05, 4.69) is 27.2 Å². The zero-order valence-corrected chi connectivity index (χ0v) is 14.4. The maximum atomic E-state index is 12.4. The van der Waals surface area contributed by atoms with Gasteiger partial charge in [-0.15, -0.1) is 21.5 Å². The third kappa shape index (κ3) is 4.22. The number of aryl methyl sites for hydroxylation is 1. The van der Waals surface area contributed by atoms with Crippen molar-refractivity contribution in [3.05, 3.63) is 21.3 Å². The summed E-state index contributed by atoms with van der Waals surface area (Å²) in [5.41, 5.74) is 0. The summed E-state index contributed by atoms with van der Waals surface area (Å²) in [4.78, 5) is 1.11. The second-order valence-corrected chi connectivity index (χ2v) is 8.06. The Hall–Kier alpha value is -1.03. The first-order valence-corrected chi connectivity index (χ1v) is 9.87. The van der Waals surface area contributed by atoms with Gasteiger partial charge in [0.15, 0.2) is 0 Å². The summed E-state index contributed by atoms with van der Waals surface area (Å²) >= 11 is 2.69. The van der Waals surface area contributed by atoms with Gasteiger partial charge >= 0.3 is 0 Å². The highest BCUT2D eigenvalue weighted by atomic mass is 32.2. The smallest absolute Gasteiger partial charge is 0.264 e. The molecule has 116 valence electrons. The van der Waals surface area contributed by atoms with Crippen molar-refractivity contribution < 1.29 is 8.42 Å². The Kier molecular flexibility index (Phi) is 5.68. The molecule has 9 heteroatoms. The molecular formula is C12H18N4O2S3. The van der Waals surface area contributed by atoms with Crippen LogP contribution in [0.4, 0.5) is 5.13 Å². The molecule has 0 saturated heterocycles. The third-order valence-corrected chi connectivity index (χ3v) is 6.28. The minimum Gasteiger partial charge on any atom is -0.312 e. The minimum absolute atomic E-state index is 0.310. The molecule has 0 saturated carbocycles. The summed E-state index contributed by atoms with van der Waals surface area (Å²) in [6, 6.07) is 1.62. The average molecular weight is 347 g/mol. The van der Waals surface area contributed by atoms with Gasteiger partial charge < -0.3 is 5.32 Å². The summed E-state index contributed by atoms with van der Waals surface area (Å²) in [6.07, 6.45) is 1.75. The molecule has 2 heterocycles. The van der Waals surface area contributed by atoms with Crippen LogP contribution in [-0.2, 0) is 23.0 Å². The lowest BCUT2D eigenvalue weighted by Crippen LogP contribution is -2.18. The predicted octanol–water partition coefficient (Wildman–Crippen LogP) is 2.46. The normalized spacial score (nSPS) is 11.7. The van der Waals surface area contributed by atoms with Crippen LogP contribution in [0.2, 0.25) is 0 Å². The standard InChI is InChI=1S/C12H18N4O2S3/c1-3-6-13-8-9-10(5-7-19-9)21(17,18)16-12-15-14-11(4-2)20-12/h5,7,13H,3-4,6,8H2,1-2H3,(H,15,16). The maximum absolute atomic E-state index is 12.4. The molecule has 0 aliphatic heterocycles. The summed E-state index contributed by atoms with van der Waals surface area (Å²) < 4.78 is 27.3. The molecule has 0 aliphatic carbocycles. The second kappa shape index (κ2) is 7.30. The fourth-order valence-corrected chi connectivity index (χ4v) is 5.01. The Morgan fingerprint density at radius 3 is 2.76 bits per heavy atom. The Balaban J connectivity index is 2.13. The van der Waals surface area contributed by atoms with Crippen LogP contribution in [0.3, 0.4) is 0 Å². The van der Waals surface area contributed by atoms with Gasteiger partial charge in [0.05, 0.1) is 0 Å². The summed E-state index contributed by atoms with van der Waals surface area (Å²) in [7, 11) is -3.60. The molecule has 0 radical (unpaired) electrons. The van der Waals surface area contributed by atoms with Gasteiger partial charge in [0, 0.05) is 11.4 Å². The van der Waals surface area contributed by atoms with E-state index in [0.717, 1.165) is 29.3 Å². The van der Waals surface area contributed by atoms with Crippen LogP contribution in [0.5, 0.6) is 0 Å². The summed E-state index contributed by atoms with van der Waals surface area (Å²) in [5.74, 6) is 0. The molecule has 2 N–H and O–H groups in total. The lowest BCUT2D eigenvalue weighted by Gasteiger charge is -2.06. The molecule has 0 aromatic carbocycles. The number of rotatable bonds is 8. The molecule has 0 atom stereocenters. The van der Waals surface area contributed by atoms with Gasteiger partial charge in [-0.1, -0.05) is 25.2 Å². The highest BCUT2D eigenvalue weighted by Crippen LogP contribution is 2.25. The van der Waals surface area contributed by atoms with Gasteiger partial charge in [-0.2, -0.15) is 0 Å². The van der Waals surface area contributed by atoms with Crippen LogP contribution >= 0.6 is 22.7 Å². The maximum Gasteiger partial charge on any atom is 0.264 e. The van der Waals surface area contributed by atoms with Crippen LogP contribution in [0.15, 0.2) is 16.3 Å². The Morgan fingerprint density at radius 2 is 2.10 bits per heavy atom. The number of sulfonamides is 1. The lowest BCUT2D eigenvalue weighted by atomic mass is 10.4. The van der Waals surface area contributed by atoms with E-state index >= 15 is 0 Å². The van der Waals surface area contributed by atoms with E-state index < -0.39 is 10.0 Å². The fraction of sp³-hybridized carbons (Fsp3) is 0.500. The van der Waals surface area contributed by atoms with Crippen molar-refractivity contribution in [1.29, 1.82) is 0 Å². The van der Waals surface area contributed by atoms with Crippen molar-refractivity contribution in [3.8, 4) is 0 Å². The first-order valence-electron chi connectivity index (χ1n) is 6.69. The van der Waals surface area contributed by atoms with Gasteiger partial charge in [0.1, 0.15) is 9.90 Å². The highest BCUT2D eigenvalue weighted by Gasteiger charge is 2.21. The van der Waals surface area contributed by atoms with E-state index in [1.54, 1.807) is 11.4 Å². The van der Waals surface area contributed by atoms with E-state index in [0.29, 0.717) is 16.6 Å². The van der Waals surface area contributed by atoms with Crippen LogP contribution < -0.4 is 10.0 Å². The molecule has 2 aromatic heterocycles. The Labute approximate surface area is 132 Å². The van der Waals surface area contributed by atoms with Crippen molar-refractivity contribution in [2.45, 2.75) is 38.1 Å². The van der Waals surface area contributed by atoms with E-state index in [1.807, 2.05) is 6.92 Å². The number of anilines is 1. The molecule has 0 amide bonds. The molecular weight excluding hydrogens is 328 g/mol. The zero-order valence-electron chi connectivity index (χ0n) is 11.9. The number of hydrogen-bond acceptors (Lipinski definition) is 7. The quantitative estimate of drug-likeness (QED) is 0.717. The molecule has 0 aliphatic rings. The van der Waals surface area contributed by atoms with Gasteiger partial charge in [-0.25, -0.2) is 8.42 Å². The molecule has 0 fully saturated rings. The first kappa shape index (κ1) is 16.3. The van der Waals surface area contributed by atoms with Gasteiger partial charge in [0.2, 0.25) is 5.13 Å². The largest absolute Gasteiger partial charge is 0.312 e. The van der Waals surface area contributed by atoms with E-state index in [4.69, 9.17) is 0 Å². The van der Waals surface area contributed by atoms with Gasteiger partial charge in [-0.05, 0) is 30.8 Å². The molecule has 0 spiro atoms. The van der Waals surface area contributed by atoms with E-state index in [9.17, 15) is 8.42 Å². The lowest BCUT2D eigenvalue weighted by molar-refractivity contribution is 0.598. The summed E-state index contributed by atoms with van der Waals surface area (Å²) in [5, 5.41) is 13.9. The van der Waals surface area contributed by atoms with Gasteiger partial charge in [0.25, 0.3) is 10.0 Å². The second-order valence-electron chi connectivity index (χ2n) is 4.34. The predicted molar refractivity (Wildman–Crippen MR) is 86.4 cm³/mol. The van der Waals surface area contributed by atoms with Crippen molar-refractivity contribution >= 4 is 37.8 Å². The SMILES string of the molecule is CCCNCc1sccc1S(=O)(=O)Nc1nnc(CC)s1. The minimum atomic E-state index is -3.60. The van der Waals surface area contributed by atoms with E-state index in [1.165, 1.54) is 22.7 Å². The van der Waals surface area contributed by atoms with Crippen LogP contribution in [-0.4, -0.2) is 25.2 Å². The summed E-state index contributed by atoms with van der Waals surface area (Å²) in [6.45, 7) is 5.44.